The lowest BCUT2D eigenvalue weighted by atomic mass is 10.3. The van der Waals surface area contributed by atoms with Crippen LogP contribution in [-0.4, -0.2) is 9.55 Å². The summed E-state index contributed by atoms with van der Waals surface area (Å²) in [5.74, 6) is 0.885. The van der Waals surface area contributed by atoms with Gasteiger partial charge in [-0.05, 0) is 19.1 Å². The van der Waals surface area contributed by atoms with Crippen molar-refractivity contribution in [3.63, 3.8) is 0 Å². The lowest BCUT2D eigenvalue weighted by Gasteiger charge is -2.09. The molecule has 0 saturated carbocycles. The SMILES string of the molecule is CC(N)c1nccn1-c1ccccc1.Cl. The number of aromatic nitrogens is 2. The average Bonchev–Trinajstić information content (AvgIpc) is 2.67. The Morgan fingerprint density at radius 1 is 1.27 bits per heavy atom. The highest BCUT2D eigenvalue weighted by Gasteiger charge is 2.07. The quantitative estimate of drug-likeness (QED) is 0.849. The number of imidazole rings is 1. The highest BCUT2D eigenvalue weighted by Crippen LogP contribution is 2.13. The molecule has 3 nitrogen and oxygen atoms in total. The molecule has 2 aromatic rings. The Balaban J connectivity index is 0.00000112. The Morgan fingerprint density at radius 2 is 1.93 bits per heavy atom. The standard InChI is InChI=1S/C11H13N3.ClH/c1-9(12)11-13-7-8-14(11)10-5-3-2-4-6-10;/h2-9H,12H2,1H3;1H. The average molecular weight is 224 g/mol. The van der Waals surface area contributed by atoms with Gasteiger partial charge in [0.25, 0.3) is 0 Å². The van der Waals surface area contributed by atoms with Gasteiger partial charge in [-0.3, -0.25) is 0 Å². The summed E-state index contributed by atoms with van der Waals surface area (Å²) in [5.41, 5.74) is 6.91. The Hall–Kier alpha value is -1.32. The molecule has 1 atom stereocenters. The molecule has 0 aliphatic heterocycles. The Bertz CT molecular complexity index is 409. The second-order valence-electron chi connectivity index (χ2n) is 3.28. The number of rotatable bonds is 2. The first kappa shape index (κ1) is 11.8. The largest absolute Gasteiger partial charge is 0.322 e. The fraction of sp³-hybridized carbons (Fsp3) is 0.182. The van der Waals surface area contributed by atoms with Gasteiger partial charge in [-0.2, -0.15) is 0 Å². The summed E-state index contributed by atoms with van der Waals surface area (Å²) in [6.45, 7) is 1.93. The zero-order valence-corrected chi connectivity index (χ0v) is 9.32. The molecule has 2 N–H and O–H groups in total. The van der Waals surface area contributed by atoms with E-state index in [1.807, 2.05) is 48.0 Å². The van der Waals surface area contributed by atoms with Gasteiger partial charge in [-0.25, -0.2) is 4.98 Å². The van der Waals surface area contributed by atoms with E-state index in [0.29, 0.717) is 0 Å². The molecule has 1 heterocycles. The van der Waals surface area contributed by atoms with Gasteiger partial charge < -0.3 is 10.3 Å². The van der Waals surface area contributed by atoms with Crippen molar-refractivity contribution in [2.75, 3.05) is 0 Å². The normalized spacial score (nSPS) is 11.9. The van der Waals surface area contributed by atoms with Crippen molar-refractivity contribution >= 4 is 12.4 Å². The molecule has 80 valence electrons. The van der Waals surface area contributed by atoms with Crippen LogP contribution in [0.25, 0.3) is 5.69 Å². The molecule has 0 fully saturated rings. The van der Waals surface area contributed by atoms with Gasteiger partial charge in [-0.1, -0.05) is 18.2 Å². The van der Waals surface area contributed by atoms with Crippen LogP contribution in [0, 0.1) is 0 Å². The predicted octanol–water partition coefficient (Wildman–Crippen LogP) is 2.31. The second kappa shape index (κ2) is 4.96. The minimum atomic E-state index is -0.0507. The maximum atomic E-state index is 5.81. The Labute approximate surface area is 95.4 Å². The monoisotopic (exact) mass is 223 g/mol. The molecule has 0 bridgehead atoms. The summed E-state index contributed by atoms with van der Waals surface area (Å²) in [7, 11) is 0. The third-order valence-corrected chi connectivity index (χ3v) is 2.11. The van der Waals surface area contributed by atoms with Crippen molar-refractivity contribution in [1.82, 2.24) is 9.55 Å². The van der Waals surface area contributed by atoms with Gasteiger partial charge in [0.1, 0.15) is 5.82 Å². The van der Waals surface area contributed by atoms with Gasteiger partial charge in [0.2, 0.25) is 0 Å². The van der Waals surface area contributed by atoms with Gasteiger partial charge >= 0.3 is 0 Å². The van der Waals surface area contributed by atoms with E-state index in [9.17, 15) is 0 Å². The Morgan fingerprint density at radius 3 is 2.53 bits per heavy atom. The van der Waals surface area contributed by atoms with Crippen LogP contribution >= 0.6 is 12.4 Å². The molecule has 0 radical (unpaired) electrons. The van der Waals surface area contributed by atoms with Crippen molar-refractivity contribution in [2.45, 2.75) is 13.0 Å². The molecule has 0 amide bonds. The summed E-state index contributed by atoms with van der Waals surface area (Å²) in [5, 5.41) is 0. The van der Waals surface area contributed by atoms with E-state index in [1.165, 1.54) is 0 Å². The summed E-state index contributed by atoms with van der Waals surface area (Å²) >= 11 is 0. The van der Waals surface area contributed by atoms with Crippen LogP contribution in [0.4, 0.5) is 0 Å². The molecule has 2 rings (SSSR count). The van der Waals surface area contributed by atoms with E-state index in [4.69, 9.17) is 5.73 Å². The Kier molecular flexibility index (Phi) is 3.88. The first-order chi connectivity index (χ1) is 6.79. The minimum Gasteiger partial charge on any atom is -0.322 e. The highest BCUT2D eigenvalue weighted by molar-refractivity contribution is 5.85. The van der Waals surface area contributed by atoms with Crippen molar-refractivity contribution in [2.24, 2.45) is 5.73 Å². The highest BCUT2D eigenvalue weighted by atomic mass is 35.5. The smallest absolute Gasteiger partial charge is 0.129 e. The van der Waals surface area contributed by atoms with Gasteiger partial charge in [-0.15, -0.1) is 12.4 Å². The number of para-hydroxylation sites is 1. The first-order valence-corrected chi connectivity index (χ1v) is 4.63. The molecule has 1 aromatic carbocycles. The topological polar surface area (TPSA) is 43.8 Å². The summed E-state index contributed by atoms with van der Waals surface area (Å²) in [4.78, 5) is 4.23. The third-order valence-electron chi connectivity index (χ3n) is 2.11. The zero-order valence-electron chi connectivity index (χ0n) is 8.50. The predicted molar refractivity (Wildman–Crippen MR) is 63.4 cm³/mol. The fourth-order valence-corrected chi connectivity index (χ4v) is 1.46. The van der Waals surface area contributed by atoms with E-state index < -0.39 is 0 Å². The van der Waals surface area contributed by atoms with E-state index in [-0.39, 0.29) is 18.4 Å². The molecule has 1 unspecified atom stereocenters. The van der Waals surface area contributed by atoms with Crippen LogP contribution in [0.3, 0.4) is 0 Å². The number of nitrogens with two attached hydrogens (primary N) is 1. The van der Waals surface area contributed by atoms with E-state index in [2.05, 4.69) is 4.98 Å². The zero-order chi connectivity index (χ0) is 9.97. The molecule has 1 aromatic heterocycles. The first-order valence-electron chi connectivity index (χ1n) is 4.63. The minimum absolute atomic E-state index is 0. The molecule has 0 aliphatic rings. The van der Waals surface area contributed by atoms with Gasteiger partial charge in [0.15, 0.2) is 0 Å². The fourth-order valence-electron chi connectivity index (χ4n) is 1.46. The molecule has 0 aliphatic carbocycles. The second-order valence-corrected chi connectivity index (χ2v) is 3.28. The maximum Gasteiger partial charge on any atom is 0.129 e. The van der Waals surface area contributed by atoms with Crippen LogP contribution in [0.15, 0.2) is 42.7 Å². The number of halogens is 1. The van der Waals surface area contributed by atoms with Crippen LogP contribution in [0.1, 0.15) is 18.8 Å². The lowest BCUT2D eigenvalue weighted by molar-refractivity contribution is 0.720. The molecular weight excluding hydrogens is 210 g/mol. The third kappa shape index (κ3) is 2.37. The molecule has 0 saturated heterocycles. The van der Waals surface area contributed by atoms with Crippen LogP contribution < -0.4 is 5.73 Å². The number of benzene rings is 1. The van der Waals surface area contributed by atoms with Crippen molar-refractivity contribution in [3.8, 4) is 5.69 Å². The molecule has 15 heavy (non-hydrogen) atoms. The van der Waals surface area contributed by atoms with Gasteiger partial charge in [0.05, 0.1) is 6.04 Å². The number of hydrogen-bond donors (Lipinski definition) is 1. The lowest BCUT2D eigenvalue weighted by Crippen LogP contribution is -2.11. The van der Waals surface area contributed by atoms with E-state index >= 15 is 0 Å². The summed E-state index contributed by atoms with van der Waals surface area (Å²) in [6, 6.07) is 10.0. The number of nitrogens with zero attached hydrogens (tertiary/aromatic N) is 2. The molecule has 4 heteroatoms. The van der Waals surface area contributed by atoms with Crippen LogP contribution in [0.5, 0.6) is 0 Å². The molecule has 0 spiro atoms. The van der Waals surface area contributed by atoms with Crippen LogP contribution in [0.2, 0.25) is 0 Å². The maximum absolute atomic E-state index is 5.81. The summed E-state index contributed by atoms with van der Waals surface area (Å²) < 4.78 is 2.00. The molecular formula is C11H14ClN3. The van der Waals surface area contributed by atoms with E-state index in [1.54, 1.807) is 6.20 Å². The summed E-state index contributed by atoms with van der Waals surface area (Å²) in [6.07, 6.45) is 3.69. The van der Waals surface area contributed by atoms with Crippen LogP contribution in [-0.2, 0) is 0 Å². The van der Waals surface area contributed by atoms with Crippen molar-refractivity contribution < 1.29 is 0 Å². The van der Waals surface area contributed by atoms with E-state index in [0.717, 1.165) is 11.5 Å². The number of hydrogen-bond acceptors (Lipinski definition) is 2. The van der Waals surface area contributed by atoms with Gasteiger partial charge in [0, 0.05) is 18.1 Å². The van der Waals surface area contributed by atoms with Crippen molar-refractivity contribution in [1.29, 1.82) is 0 Å². The van der Waals surface area contributed by atoms with Crippen molar-refractivity contribution in [3.05, 3.63) is 48.5 Å².